The van der Waals surface area contributed by atoms with E-state index in [1.165, 1.54) is 6.20 Å². The number of ether oxygens (including phenoxy) is 3. The molecule has 2 atom stereocenters. The molecule has 10 nitrogen and oxygen atoms in total. The van der Waals surface area contributed by atoms with E-state index in [1.54, 1.807) is 10.9 Å². The molecule has 0 unspecified atom stereocenters. The van der Waals surface area contributed by atoms with Gasteiger partial charge < -0.3 is 19.3 Å². The van der Waals surface area contributed by atoms with Crippen LogP contribution in [0.2, 0.25) is 30.7 Å². The number of unbranched alkanes of at least 4 members (excludes halogenated alkanes) is 1. The van der Waals surface area contributed by atoms with Gasteiger partial charge in [0.25, 0.3) is 0 Å². The Hall–Kier alpha value is -3.75. The molecule has 7 rings (SSSR count). The number of rotatable bonds is 16. The largest absolute Gasteiger partial charge is 0.472 e. The fourth-order valence-corrected chi connectivity index (χ4v) is 8.57. The Bertz CT molecular complexity index is 2070. The lowest BCUT2D eigenvalue weighted by molar-refractivity contribution is 0.0817. The molecule has 3 aromatic heterocycles. The molecule has 0 spiro atoms. The van der Waals surface area contributed by atoms with Crippen LogP contribution in [0.25, 0.3) is 33.1 Å². The summed E-state index contributed by atoms with van der Waals surface area (Å²) in [5.41, 5.74) is 2.39. The lowest BCUT2D eigenvalue weighted by Crippen LogP contribution is -2.43. The summed E-state index contributed by atoms with van der Waals surface area (Å²) in [6.45, 7) is 9.32. The number of aromatic nitrogens is 5. The van der Waals surface area contributed by atoms with Crippen LogP contribution in [0.15, 0.2) is 48.8 Å². The second-order valence-corrected chi connectivity index (χ2v) is 21.5. The first-order valence-corrected chi connectivity index (χ1v) is 22.5. The number of hydrogen-bond acceptors (Lipinski definition) is 9. The van der Waals surface area contributed by atoms with Crippen LogP contribution < -0.4 is 9.47 Å². The van der Waals surface area contributed by atoms with E-state index < -0.39 is 25.6 Å². The minimum absolute atomic E-state index is 0.0184. The van der Waals surface area contributed by atoms with E-state index in [1.807, 2.05) is 36.4 Å². The summed E-state index contributed by atoms with van der Waals surface area (Å²) < 4.78 is 52.0. The van der Waals surface area contributed by atoms with Crippen molar-refractivity contribution in [1.29, 1.82) is 0 Å². The zero-order chi connectivity index (χ0) is 37.2. The van der Waals surface area contributed by atoms with Crippen molar-refractivity contribution in [1.82, 2.24) is 29.6 Å². The number of hydrogen-bond donors (Lipinski definition) is 1. The van der Waals surface area contributed by atoms with Gasteiger partial charge in [-0.15, -0.1) is 0 Å². The second-order valence-electron chi connectivity index (χ2n) is 15.5. The standard InChI is InChI=1S/C39H47ClF2N6O4Si/c1-53(2,3)17-16-50-25-48-32-18-31(40)28(12-7-8-15-49)33(29(32)21-44-48)36-34(42)35-30(20-43-36)37(51-23-26-10-5-4-6-11-26)46-38(45-35)52-24-39-13-9-14-47(39)22-27(41)19-39/h4-6,10-11,18,20-21,27,49H,7-9,12-17,19,22-25H2,1-3H3/t27-,39+/m1/s1. The van der Waals surface area contributed by atoms with E-state index in [-0.39, 0.29) is 55.0 Å². The van der Waals surface area contributed by atoms with Gasteiger partial charge >= 0.3 is 6.01 Å². The highest BCUT2D eigenvalue weighted by Crippen LogP contribution is 2.42. The molecule has 0 saturated carbocycles. The normalized spacial score (nSPS) is 19.0. The van der Waals surface area contributed by atoms with Gasteiger partial charge in [0.1, 0.15) is 37.3 Å². The molecule has 0 amide bonds. The van der Waals surface area contributed by atoms with Crippen LogP contribution in [0.4, 0.5) is 8.78 Å². The van der Waals surface area contributed by atoms with Gasteiger partial charge in [0.15, 0.2) is 5.82 Å². The molecule has 53 heavy (non-hydrogen) atoms. The van der Waals surface area contributed by atoms with E-state index in [4.69, 9.17) is 25.8 Å². The maximum atomic E-state index is 17.2. The second kappa shape index (κ2) is 15.9. The third-order valence-corrected chi connectivity index (χ3v) is 12.4. The number of aliphatic hydroxyl groups is 1. The number of pyridine rings is 1. The van der Waals surface area contributed by atoms with Crippen LogP contribution in [0.1, 0.15) is 43.2 Å². The van der Waals surface area contributed by atoms with Crippen molar-refractivity contribution in [3.8, 4) is 23.1 Å². The fourth-order valence-electron chi connectivity index (χ4n) is 7.52. The van der Waals surface area contributed by atoms with Crippen molar-refractivity contribution < 1.29 is 28.1 Å². The minimum Gasteiger partial charge on any atom is -0.472 e. The number of nitrogens with zero attached hydrogens (tertiary/aromatic N) is 6. The number of halogens is 3. The SMILES string of the molecule is C[Si](C)(C)CCOCn1ncc2c(-c3ncc4c(OCc5ccccc5)nc(OC[C@@]56CCCN5C[C@H](F)C6)nc4c3F)c(CCCCO)c(Cl)cc21. The lowest BCUT2D eigenvalue weighted by Gasteiger charge is -2.30. The Kier molecular flexibility index (Phi) is 11.3. The van der Waals surface area contributed by atoms with Crippen molar-refractivity contribution in [2.24, 2.45) is 0 Å². The quantitative estimate of drug-likeness (QED) is 0.0790. The van der Waals surface area contributed by atoms with Gasteiger partial charge in [-0.25, -0.2) is 13.5 Å². The Balaban J connectivity index is 1.30. The molecule has 14 heteroatoms. The number of aliphatic hydroxyl groups excluding tert-OH is 1. The molecular formula is C39H47ClF2N6O4Si. The fraction of sp³-hybridized carbons (Fsp3) is 0.487. The number of alkyl halides is 1. The van der Waals surface area contributed by atoms with Gasteiger partial charge in [0.2, 0.25) is 5.88 Å². The molecule has 5 heterocycles. The Morgan fingerprint density at radius 3 is 2.70 bits per heavy atom. The van der Waals surface area contributed by atoms with E-state index in [9.17, 15) is 9.50 Å². The van der Waals surface area contributed by atoms with Gasteiger partial charge in [-0.3, -0.25) is 9.88 Å². The molecule has 0 radical (unpaired) electrons. The van der Waals surface area contributed by atoms with Crippen molar-refractivity contribution in [3.05, 3.63) is 70.8 Å². The summed E-state index contributed by atoms with van der Waals surface area (Å²) in [6, 6.07) is 12.4. The van der Waals surface area contributed by atoms with Gasteiger partial charge in [-0.05, 0) is 61.9 Å². The average molecular weight is 765 g/mol. The highest BCUT2D eigenvalue weighted by molar-refractivity contribution is 6.76. The minimum atomic E-state index is -1.29. The molecular weight excluding hydrogens is 718 g/mol. The first-order chi connectivity index (χ1) is 25.5. The van der Waals surface area contributed by atoms with Crippen molar-refractivity contribution in [3.63, 3.8) is 0 Å². The Morgan fingerprint density at radius 2 is 1.91 bits per heavy atom. The molecule has 0 aliphatic carbocycles. The predicted octanol–water partition coefficient (Wildman–Crippen LogP) is 8.00. The molecule has 282 valence electrons. The van der Waals surface area contributed by atoms with E-state index >= 15 is 4.39 Å². The average Bonchev–Trinajstić information content (AvgIpc) is 3.81. The summed E-state index contributed by atoms with van der Waals surface area (Å²) in [4.78, 5) is 16.0. The van der Waals surface area contributed by atoms with E-state index in [2.05, 4.69) is 44.6 Å². The summed E-state index contributed by atoms with van der Waals surface area (Å²) in [5, 5.41) is 15.6. The molecule has 2 aliphatic heterocycles. The van der Waals surface area contributed by atoms with Crippen LogP contribution in [-0.4, -0.2) is 87.4 Å². The van der Waals surface area contributed by atoms with Crippen LogP contribution in [0, 0.1) is 5.82 Å². The van der Waals surface area contributed by atoms with Gasteiger partial charge in [0, 0.05) is 56.4 Å². The van der Waals surface area contributed by atoms with Crippen molar-refractivity contribution >= 4 is 41.5 Å². The highest BCUT2D eigenvalue weighted by Gasteiger charge is 2.49. The summed E-state index contributed by atoms with van der Waals surface area (Å²) in [5.74, 6) is -0.555. The van der Waals surface area contributed by atoms with Crippen LogP contribution in [0.3, 0.4) is 0 Å². The zero-order valence-electron chi connectivity index (χ0n) is 30.6. The third-order valence-electron chi connectivity index (χ3n) is 10.4. The van der Waals surface area contributed by atoms with Crippen LogP contribution in [0.5, 0.6) is 11.9 Å². The summed E-state index contributed by atoms with van der Waals surface area (Å²) in [6.07, 6.45) is 6.11. The Morgan fingerprint density at radius 1 is 1.08 bits per heavy atom. The van der Waals surface area contributed by atoms with Gasteiger partial charge in [-0.1, -0.05) is 61.6 Å². The molecule has 1 N–H and O–H groups in total. The highest BCUT2D eigenvalue weighted by atomic mass is 35.5. The third kappa shape index (κ3) is 8.19. The number of benzene rings is 2. The first kappa shape index (κ1) is 37.6. The smallest absolute Gasteiger partial charge is 0.320 e. The summed E-state index contributed by atoms with van der Waals surface area (Å²) in [7, 11) is -1.29. The van der Waals surface area contributed by atoms with Crippen LogP contribution >= 0.6 is 11.6 Å². The topological polar surface area (TPSA) is 108 Å². The molecule has 2 saturated heterocycles. The molecule has 2 fully saturated rings. The van der Waals surface area contributed by atoms with Crippen molar-refractivity contribution in [2.75, 3.05) is 32.9 Å². The van der Waals surface area contributed by atoms with Gasteiger partial charge in [-0.2, -0.15) is 15.1 Å². The predicted molar refractivity (Wildman–Crippen MR) is 204 cm³/mol. The molecule has 0 bridgehead atoms. The van der Waals surface area contributed by atoms with E-state index in [0.29, 0.717) is 65.9 Å². The van der Waals surface area contributed by atoms with Crippen molar-refractivity contribution in [2.45, 2.75) is 89.3 Å². The monoisotopic (exact) mass is 764 g/mol. The molecule has 5 aromatic rings. The maximum absolute atomic E-state index is 17.2. The maximum Gasteiger partial charge on any atom is 0.320 e. The zero-order valence-corrected chi connectivity index (χ0v) is 32.3. The number of fused-ring (bicyclic) bond motifs is 3. The first-order valence-electron chi connectivity index (χ1n) is 18.5. The lowest BCUT2D eigenvalue weighted by atomic mass is 9.95. The van der Waals surface area contributed by atoms with Crippen LogP contribution in [-0.2, 0) is 24.5 Å². The summed E-state index contributed by atoms with van der Waals surface area (Å²) >= 11 is 6.98. The Labute approximate surface area is 314 Å². The molecule has 2 aliphatic rings. The van der Waals surface area contributed by atoms with Gasteiger partial charge in [0.05, 0.1) is 22.6 Å². The van der Waals surface area contributed by atoms with E-state index in [0.717, 1.165) is 31.0 Å². The molecule has 2 aromatic carbocycles.